The zero-order chi connectivity index (χ0) is 14.5. The van der Waals surface area contributed by atoms with Gasteiger partial charge in [0.05, 0.1) is 17.7 Å². The van der Waals surface area contributed by atoms with Crippen LogP contribution in [0.5, 0.6) is 0 Å². The first-order valence-corrected chi connectivity index (χ1v) is 5.86. The van der Waals surface area contributed by atoms with Crippen LogP contribution in [0, 0.1) is 0 Å². The molecule has 0 aliphatic heterocycles. The second-order valence-corrected chi connectivity index (χ2v) is 4.05. The van der Waals surface area contributed by atoms with Crippen molar-refractivity contribution in [1.82, 2.24) is 15.3 Å². The summed E-state index contributed by atoms with van der Waals surface area (Å²) in [6, 6.07) is 3.85. The zero-order valence-corrected chi connectivity index (χ0v) is 10.7. The lowest BCUT2D eigenvalue weighted by atomic mass is 10.1. The topological polar surface area (TPSA) is 101 Å². The Labute approximate surface area is 114 Å². The molecule has 1 atom stereocenters. The van der Waals surface area contributed by atoms with E-state index in [1.54, 1.807) is 18.2 Å². The fraction of sp³-hybridized carbons (Fsp3) is 0.231. The molecule has 0 aliphatic carbocycles. The number of benzene rings is 1. The van der Waals surface area contributed by atoms with Crippen LogP contribution in [0.1, 0.15) is 10.4 Å². The van der Waals surface area contributed by atoms with Gasteiger partial charge in [-0.05, 0) is 12.1 Å². The van der Waals surface area contributed by atoms with Crippen LogP contribution in [0.2, 0.25) is 0 Å². The van der Waals surface area contributed by atoms with Crippen LogP contribution >= 0.6 is 0 Å². The number of amides is 1. The van der Waals surface area contributed by atoms with Crippen LogP contribution in [0.3, 0.4) is 0 Å². The molecule has 0 bridgehead atoms. The van der Waals surface area contributed by atoms with Gasteiger partial charge in [-0.3, -0.25) is 14.8 Å². The SMILES string of the molecule is COCC(NC(=O)c1cccc2nccnc12)C(=O)O. The summed E-state index contributed by atoms with van der Waals surface area (Å²) >= 11 is 0. The monoisotopic (exact) mass is 275 g/mol. The highest BCUT2D eigenvalue weighted by atomic mass is 16.5. The number of carbonyl (C=O) groups excluding carboxylic acids is 1. The highest BCUT2D eigenvalue weighted by molar-refractivity contribution is 6.05. The van der Waals surface area contributed by atoms with E-state index in [-0.39, 0.29) is 12.2 Å². The van der Waals surface area contributed by atoms with Crippen LogP contribution in [0.4, 0.5) is 0 Å². The van der Waals surface area contributed by atoms with Crippen molar-refractivity contribution in [2.75, 3.05) is 13.7 Å². The number of fused-ring (bicyclic) bond motifs is 1. The third-order valence-electron chi connectivity index (χ3n) is 2.68. The van der Waals surface area contributed by atoms with E-state index in [1.165, 1.54) is 19.5 Å². The van der Waals surface area contributed by atoms with Crippen molar-refractivity contribution in [3.63, 3.8) is 0 Å². The normalized spacial score (nSPS) is 12.1. The lowest BCUT2D eigenvalue weighted by Crippen LogP contribution is -2.43. The maximum Gasteiger partial charge on any atom is 0.328 e. The number of carboxylic acid groups (broad SMARTS) is 1. The van der Waals surface area contributed by atoms with Crippen molar-refractivity contribution in [3.05, 3.63) is 36.2 Å². The summed E-state index contributed by atoms with van der Waals surface area (Å²) in [7, 11) is 1.37. The molecule has 0 saturated carbocycles. The third kappa shape index (κ3) is 2.89. The quantitative estimate of drug-likeness (QED) is 0.822. The number of para-hydroxylation sites is 1. The number of nitrogens with one attached hydrogen (secondary N) is 1. The van der Waals surface area contributed by atoms with E-state index in [0.29, 0.717) is 11.0 Å². The van der Waals surface area contributed by atoms with Crippen molar-refractivity contribution < 1.29 is 19.4 Å². The van der Waals surface area contributed by atoms with Gasteiger partial charge < -0.3 is 15.2 Å². The Morgan fingerprint density at radius 1 is 1.35 bits per heavy atom. The molecule has 0 radical (unpaired) electrons. The van der Waals surface area contributed by atoms with Gasteiger partial charge in [0, 0.05) is 19.5 Å². The number of methoxy groups -OCH3 is 1. The number of aliphatic carboxylic acids is 1. The Morgan fingerprint density at radius 3 is 2.80 bits per heavy atom. The van der Waals surface area contributed by atoms with Gasteiger partial charge >= 0.3 is 5.97 Å². The average Bonchev–Trinajstić information content (AvgIpc) is 2.46. The molecule has 2 aromatic rings. The minimum Gasteiger partial charge on any atom is -0.480 e. The molecule has 1 heterocycles. The predicted molar refractivity (Wildman–Crippen MR) is 70.3 cm³/mol. The molecule has 104 valence electrons. The molecule has 1 unspecified atom stereocenters. The second kappa shape index (κ2) is 6.07. The molecular formula is C13H13N3O4. The number of hydrogen-bond donors (Lipinski definition) is 2. The molecule has 2 N–H and O–H groups in total. The predicted octanol–water partition coefficient (Wildman–Crippen LogP) is 0.459. The highest BCUT2D eigenvalue weighted by Gasteiger charge is 2.21. The van der Waals surface area contributed by atoms with Crippen LogP contribution in [-0.2, 0) is 9.53 Å². The van der Waals surface area contributed by atoms with Gasteiger partial charge in [0.2, 0.25) is 0 Å². The average molecular weight is 275 g/mol. The molecule has 0 saturated heterocycles. The van der Waals surface area contributed by atoms with Gasteiger partial charge in [0.15, 0.2) is 6.04 Å². The van der Waals surface area contributed by atoms with Crippen molar-refractivity contribution in [2.45, 2.75) is 6.04 Å². The van der Waals surface area contributed by atoms with Gasteiger partial charge in [-0.15, -0.1) is 0 Å². The molecule has 1 aromatic carbocycles. The van der Waals surface area contributed by atoms with E-state index in [1.807, 2.05) is 0 Å². The van der Waals surface area contributed by atoms with Crippen molar-refractivity contribution >= 4 is 22.9 Å². The molecule has 7 nitrogen and oxygen atoms in total. The Bertz CT molecular complexity index is 639. The Hall–Kier alpha value is -2.54. The molecular weight excluding hydrogens is 262 g/mol. The Kier molecular flexibility index (Phi) is 4.21. The van der Waals surface area contributed by atoms with Gasteiger partial charge in [0.25, 0.3) is 5.91 Å². The Balaban J connectivity index is 2.29. The maximum atomic E-state index is 12.2. The van der Waals surface area contributed by atoms with E-state index in [9.17, 15) is 9.59 Å². The van der Waals surface area contributed by atoms with E-state index in [2.05, 4.69) is 15.3 Å². The van der Waals surface area contributed by atoms with Crippen LogP contribution in [0.25, 0.3) is 11.0 Å². The first-order valence-electron chi connectivity index (χ1n) is 5.86. The summed E-state index contributed by atoms with van der Waals surface area (Å²) in [6.45, 7) is -0.114. The first-order chi connectivity index (χ1) is 9.63. The minimum absolute atomic E-state index is 0.114. The number of ether oxygens (including phenoxy) is 1. The number of aromatic nitrogens is 2. The van der Waals surface area contributed by atoms with Gasteiger partial charge in [0.1, 0.15) is 5.52 Å². The van der Waals surface area contributed by atoms with Crippen molar-refractivity contribution in [3.8, 4) is 0 Å². The lowest BCUT2D eigenvalue weighted by molar-refractivity contribution is -0.140. The summed E-state index contributed by atoms with van der Waals surface area (Å²) in [6.07, 6.45) is 3.00. The molecule has 1 aromatic heterocycles. The van der Waals surface area contributed by atoms with Crippen molar-refractivity contribution in [1.29, 1.82) is 0 Å². The molecule has 20 heavy (non-hydrogen) atoms. The van der Waals surface area contributed by atoms with Gasteiger partial charge in [-0.1, -0.05) is 6.07 Å². The zero-order valence-electron chi connectivity index (χ0n) is 10.7. The standard InChI is InChI=1S/C13H13N3O4/c1-20-7-10(13(18)19)16-12(17)8-3-2-4-9-11(8)15-6-5-14-9/h2-6,10H,7H2,1H3,(H,16,17)(H,18,19). The smallest absolute Gasteiger partial charge is 0.328 e. The molecule has 2 rings (SSSR count). The highest BCUT2D eigenvalue weighted by Crippen LogP contribution is 2.13. The molecule has 7 heteroatoms. The Morgan fingerprint density at radius 2 is 2.10 bits per heavy atom. The molecule has 0 aliphatic rings. The third-order valence-corrected chi connectivity index (χ3v) is 2.68. The van der Waals surface area contributed by atoms with E-state index in [4.69, 9.17) is 9.84 Å². The number of nitrogens with zero attached hydrogens (tertiary/aromatic N) is 2. The second-order valence-electron chi connectivity index (χ2n) is 4.05. The largest absolute Gasteiger partial charge is 0.480 e. The van der Waals surface area contributed by atoms with E-state index >= 15 is 0 Å². The van der Waals surface area contributed by atoms with Crippen LogP contribution in [-0.4, -0.2) is 46.7 Å². The number of hydrogen-bond acceptors (Lipinski definition) is 5. The minimum atomic E-state index is -1.16. The summed E-state index contributed by atoms with van der Waals surface area (Å²) in [5.41, 5.74) is 1.27. The van der Waals surface area contributed by atoms with Crippen LogP contribution < -0.4 is 5.32 Å². The first kappa shape index (κ1) is 13.9. The lowest BCUT2D eigenvalue weighted by Gasteiger charge is -2.13. The fourth-order valence-electron chi connectivity index (χ4n) is 1.75. The van der Waals surface area contributed by atoms with E-state index in [0.717, 1.165) is 0 Å². The van der Waals surface area contributed by atoms with Gasteiger partial charge in [-0.2, -0.15) is 0 Å². The molecule has 0 fully saturated rings. The number of rotatable bonds is 5. The number of carboxylic acids is 1. The fourth-order valence-corrected chi connectivity index (χ4v) is 1.75. The summed E-state index contributed by atoms with van der Waals surface area (Å²) in [5.74, 6) is -1.69. The molecule has 1 amide bonds. The number of carbonyl (C=O) groups is 2. The van der Waals surface area contributed by atoms with Crippen LogP contribution in [0.15, 0.2) is 30.6 Å². The van der Waals surface area contributed by atoms with E-state index < -0.39 is 17.9 Å². The van der Waals surface area contributed by atoms with Crippen molar-refractivity contribution in [2.24, 2.45) is 0 Å². The molecule has 0 spiro atoms. The van der Waals surface area contributed by atoms with Gasteiger partial charge in [-0.25, -0.2) is 4.79 Å². The summed E-state index contributed by atoms with van der Waals surface area (Å²) in [5, 5.41) is 11.4. The maximum absolute atomic E-state index is 12.2. The summed E-state index contributed by atoms with van der Waals surface area (Å²) in [4.78, 5) is 31.3. The summed E-state index contributed by atoms with van der Waals surface area (Å²) < 4.78 is 4.77.